The fourth-order valence-electron chi connectivity index (χ4n) is 2.79. The van der Waals surface area contributed by atoms with Gasteiger partial charge in [0.2, 0.25) is 0 Å². The summed E-state index contributed by atoms with van der Waals surface area (Å²) in [4.78, 5) is 24.7. The van der Waals surface area contributed by atoms with Gasteiger partial charge >= 0.3 is 11.9 Å². The Morgan fingerprint density at radius 2 is 2.19 bits per heavy atom. The third-order valence-electron chi connectivity index (χ3n) is 3.89. The van der Waals surface area contributed by atoms with E-state index in [1.807, 2.05) is 6.07 Å². The van der Waals surface area contributed by atoms with Crippen LogP contribution in [-0.4, -0.2) is 50.6 Å². The highest BCUT2D eigenvalue weighted by atomic mass is 32.1. The Kier molecular flexibility index (Phi) is 7.06. The lowest BCUT2D eigenvalue weighted by Crippen LogP contribution is -2.35. The molecule has 1 aromatic rings. The van der Waals surface area contributed by atoms with Crippen molar-refractivity contribution in [2.75, 3.05) is 33.5 Å². The first-order valence-corrected chi connectivity index (χ1v) is 8.74. The number of aliphatic carboxylic acids is 1. The maximum Gasteiger partial charge on any atom is 0.336 e. The normalized spacial score (nSPS) is 16.7. The van der Waals surface area contributed by atoms with E-state index in [1.165, 1.54) is 6.07 Å². The molecule has 10 heteroatoms. The number of esters is 1. The quantitative estimate of drug-likeness (QED) is 0.439. The molecule has 1 aliphatic rings. The third kappa shape index (κ3) is 4.16. The third-order valence-corrected chi connectivity index (χ3v) is 4.87. The molecule has 0 spiro atoms. The molecule has 0 aliphatic carbocycles. The molecule has 1 aliphatic heterocycles. The summed E-state index contributed by atoms with van der Waals surface area (Å²) >= 11 is 1.10. The second kappa shape index (κ2) is 9.27. The Morgan fingerprint density at radius 3 is 2.74 bits per heavy atom. The van der Waals surface area contributed by atoms with Gasteiger partial charge in [0.15, 0.2) is 0 Å². The van der Waals surface area contributed by atoms with Gasteiger partial charge in [-0.05, 0) is 11.4 Å². The summed E-state index contributed by atoms with van der Waals surface area (Å²) in [5.41, 5.74) is 5.16. The Bertz CT molecular complexity index is 840. The predicted molar refractivity (Wildman–Crippen MR) is 94.5 cm³/mol. The number of ether oxygens (including phenoxy) is 2. The number of nitriles is 1. The van der Waals surface area contributed by atoms with Gasteiger partial charge in [0, 0.05) is 11.4 Å². The molecule has 0 fully saturated rings. The number of halogens is 1. The number of rotatable bonds is 8. The molecule has 27 heavy (non-hydrogen) atoms. The van der Waals surface area contributed by atoms with Crippen LogP contribution in [0.3, 0.4) is 0 Å². The molecular weight excluding hydrogens is 377 g/mol. The number of nitrogens with zero attached hydrogens (tertiary/aromatic N) is 1. The van der Waals surface area contributed by atoms with E-state index >= 15 is 0 Å². The van der Waals surface area contributed by atoms with E-state index in [0.29, 0.717) is 4.88 Å². The van der Waals surface area contributed by atoms with Crippen molar-refractivity contribution in [2.24, 2.45) is 5.73 Å². The van der Waals surface area contributed by atoms with Crippen LogP contribution in [0.5, 0.6) is 0 Å². The second-order valence-electron chi connectivity index (χ2n) is 5.42. The zero-order valence-corrected chi connectivity index (χ0v) is 15.3. The van der Waals surface area contributed by atoms with Gasteiger partial charge in [-0.25, -0.2) is 14.0 Å². The topological polar surface area (TPSA) is 135 Å². The molecule has 2 rings (SSSR count). The number of hydrogen-bond acceptors (Lipinski definition) is 8. The molecule has 0 saturated heterocycles. The zero-order chi connectivity index (χ0) is 20.0. The summed E-state index contributed by atoms with van der Waals surface area (Å²) < 4.78 is 23.7. The number of carboxylic acids is 1. The standard InChI is InChI=1S/C17H18FN3O5S/c1-25-17(24)13-10(6-18)21-11(8-26-4-3-19)12(16(22)23)14(13)15-9(7-20)2-5-27-15/h2,5,14,21H,3-4,6,8,19H2,1H3,(H,22,23). The molecule has 8 nitrogen and oxygen atoms in total. The van der Waals surface area contributed by atoms with E-state index in [4.69, 9.17) is 15.2 Å². The van der Waals surface area contributed by atoms with Crippen molar-refractivity contribution in [3.8, 4) is 6.07 Å². The number of carboxylic acid groups (broad SMARTS) is 1. The zero-order valence-electron chi connectivity index (χ0n) is 14.5. The number of nitrogens with one attached hydrogen (secondary N) is 1. The van der Waals surface area contributed by atoms with E-state index in [9.17, 15) is 24.3 Å². The van der Waals surface area contributed by atoms with E-state index in [2.05, 4.69) is 5.32 Å². The number of hydrogen-bond donors (Lipinski definition) is 3. The first-order chi connectivity index (χ1) is 13.0. The first-order valence-electron chi connectivity index (χ1n) is 7.86. The maximum atomic E-state index is 13.7. The van der Waals surface area contributed by atoms with Gasteiger partial charge in [-0.1, -0.05) is 0 Å². The van der Waals surface area contributed by atoms with Crippen molar-refractivity contribution in [1.82, 2.24) is 5.32 Å². The average Bonchev–Trinajstić information content (AvgIpc) is 3.14. The number of nitrogens with two attached hydrogens (primary N) is 1. The van der Waals surface area contributed by atoms with E-state index in [0.717, 1.165) is 18.4 Å². The van der Waals surface area contributed by atoms with Crippen LogP contribution in [0.1, 0.15) is 16.4 Å². The van der Waals surface area contributed by atoms with Crippen LogP contribution in [-0.2, 0) is 19.1 Å². The number of carbonyl (C=O) groups is 2. The maximum absolute atomic E-state index is 13.7. The minimum atomic E-state index is -1.32. The summed E-state index contributed by atoms with van der Waals surface area (Å²) in [5.74, 6) is -3.36. The molecule has 0 radical (unpaired) electrons. The van der Waals surface area contributed by atoms with Crippen molar-refractivity contribution in [1.29, 1.82) is 5.26 Å². The summed E-state index contributed by atoms with van der Waals surface area (Å²) in [7, 11) is 1.12. The fraction of sp³-hybridized carbons (Fsp3) is 0.353. The first kappa shape index (κ1) is 20.6. The molecule has 0 amide bonds. The molecule has 0 aromatic carbocycles. The van der Waals surface area contributed by atoms with Crippen LogP contribution in [0.2, 0.25) is 0 Å². The molecule has 1 unspecified atom stereocenters. The molecule has 1 atom stereocenters. The highest BCUT2D eigenvalue weighted by Gasteiger charge is 2.40. The van der Waals surface area contributed by atoms with Crippen molar-refractivity contribution in [2.45, 2.75) is 5.92 Å². The Labute approximate surface area is 158 Å². The van der Waals surface area contributed by atoms with E-state index in [1.54, 1.807) is 5.38 Å². The van der Waals surface area contributed by atoms with Crippen LogP contribution in [0, 0.1) is 11.3 Å². The molecular formula is C17H18FN3O5S. The number of methoxy groups -OCH3 is 1. The second-order valence-corrected chi connectivity index (χ2v) is 6.37. The van der Waals surface area contributed by atoms with Crippen molar-refractivity contribution >= 4 is 23.3 Å². The fourth-order valence-corrected chi connectivity index (χ4v) is 3.75. The van der Waals surface area contributed by atoms with Crippen molar-refractivity contribution in [3.05, 3.63) is 44.4 Å². The van der Waals surface area contributed by atoms with Gasteiger partial charge in [0.25, 0.3) is 0 Å². The molecule has 0 saturated carbocycles. The lowest BCUT2D eigenvalue weighted by molar-refractivity contribution is -0.136. The molecule has 0 bridgehead atoms. The predicted octanol–water partition coefficient (Wildman–Crippen LogP) is 1.02. The van der Waals surface area contributed by atoms with Crippen LogP contribution < -0.4 is 11.1 Å². The summed E-state index contributed by atoms with van der Waals surface area (Å²) in [6.07, 6.45) is 0. The Balaban J connectivity index is 2.69. The van der Waals surface area contributed by atoms with Gasteiger partial charge in [-0.2, -0.15) is 5.26 Å². The lowest BCUT2D eigenvalue weighted by Gasteiger charge is -2.30. The minimum absolute atomic E-state index is 0.0959. The number of carbonyl (C=O) groups excluding carboxylic acids is 1. The monoisotopic (exact) mass is 395 g/mol. The van der Waals surface area contributed by atoms with Crippen LogP contribution in [0.15, 0.2) is 34.0 Å². The molecule has 2 heterocycles. The number of dihydropyridines is 1. The summed E-state index contributed by atoms with van der Waals surface area (Å²) in [6, 6.07) is 3.48. The average molecular weight is 395 g/mol. The summed E-state index contributed by atoms with van der Waals surface area (Å²) in [6.45, 7) is -0.826. The SMILES string of the molecule is COC(=O)C1=C(CF)NC(COCCN)=C(C(=O)O)C1c1sccc1C#N. The van der Waals surface area contributed by atoms with Crippen LogP contribution in [0.4, 0.5) is 4.39 Å². The number of allylic oxidation sites excluding steroid dienone is 1. The van der Waals surface area contributed by atoms with Gasteiger partial charge < -0.3 is 25.6 Å². The van der Waals surface area contributed by atoms with Gasteiger partial charge in [-0.15, -0.1) is 11.3 Å². The van der Waals surface area contributed by atoms with Crippen LogP contribution in [0.25, 0.3) is 0 Å². The van der Waals surface area contributed by atoms with Crippen LogP contribution >= 0.6 is 11.3 Å². The molecule has 1 aromatic heterocycles. The Morgan fingerprint density at radius 1 is 1.44 bits per heavy atom. The van der Waals surface area contributed by atoms with Crippen molar-refractivity contribution < 1.29 is 28.6 Å². The highest BCUT2D eigenvalue weighted by molar-refractivity contribution is 7.10. The van der Waals surface area contributed by atoms with E-state index < -0.39 is 24.5 Å². The lowest BCUT2D eigenvalue weighted by atomic mass is 9.83. The van der Waals surface area contributed by atoms with Gasteiger partial charge in [-0.3, -0.25) is 0 Å². The summed E-state index contributed by atoms with van der Waals surface area (Å²) in [5, 5.41) is 23.4. The molecule has 144 valence electrons. The minimum Gasteiger partial charge on any atom is -0.478 e. The van der Waals surface area contributed by atoms with Gasteiger partial charge in [0.05, 0.1) is 54.3 Å². The van der Waals surface area contributed by atoms with E-state index in [-0.39, 0.29) is 47.9 Å². The van der Waals surface area contributed by atoms with Gasteiger partial charge in [0.1, 0.15) is 12.7 Å². The Hall–Kier alpha value is -2.74. The smallest absolute Gasteiger partial charge is 0.336 e. The highest BCUT2D eigenvalue weighted by Crippen LogP contribution is 2.42. The van der Waals surface area contributed by atoms with Crippen molar-refractivity contribution in [3.63, 3.8) is 0 Å². The largest absolute Gasteiger partial charge is 0.478 e. The number of alkyl halides is 1. The number of thiophene rings is 1. The molecule has 4 N–H and O–H groups in total.